The Hall–Kier alpha value is -3.52. The summed E-state index contributed by atoms with van der Waals surface area (Å²) in [5, 5.41) is 6.66. The molecule has 1 aliphatic rings. The molecule has 1 aliphatic heterocycles. The normalized spacial score (nSPS) is 13.4. The zero-order chi connectivity index (χ0) is 25.7. The summed E-state index contributed by atoms with van der Waals surface area (Å²) < 4.78 is 12.4. The van der Waals surface area contributed by atoms with Gasteiger partial charge in [0.2, 0.25) is 0 Å². The molecule has 2 N–H and O–H groups in total. The summed E-state index contributed by atoms with van der Waals surface area (Å²) in [6, 6.07) is 10.3. The molecular formula is C26H28ClN3O5. The van der Waals surface area contributed by atoms with E-state index in [9.17, 15) is 14.4 Å². The largest absolute Gasteiger partial charge is 0.444 e. The van der Waals surface area contributed by atoms with E-state index < -0.39 is 23.4 Å². The number of carbonyl (C=O) groups excluding carboxylic acids is 3. The molecular weight excluding hydrogens is 470 g/mol. The number of benzene rings is 2. The summed E-state index contributed by atoms with van der Waals surface area (Å²) >= 11 is 6.33. The maximum atomic E-state index is 13.3. The average molecular weight is 498 g/mol. The van der Waals surface area contributed by atoms with Gasteiger partial charge in [0.1, 0.15) is 11.2 Å². The Morgan fingerprint density at radius 2 is 1.69 bits per heavy atom. The molecule has 0 radical (unpaired) electrons. The van der Waals surface area contributed by atoms with Crippen LogP contribution < -0.4 is 10.6 Å². The van der Waals surface area contributed by atoms with Crippen molar-refractivity contribution in [3.63, 3.8) is 0 Å². The van der Waals surface area contributed by atoms with E-state index in [0.29, 0.717) is 50.5 Å². The number of halogens is 1. The summed E-state index contributed by atoms with van der Waals surface area (Å²) in [6.45, 7) is 11.0. The first-order valence-corrected chi connectivity index (χ1v) is 11.6. The van der Waals surface area contributed by atoms with E-state index in [0.717, 1.165) is 0 Å². The van der Waals surface area contributed by atoms with E-state index in [-0.39, 0.29) is 5.91 Å². The minimum atomic E-state index is -0.734. The second-order valence-electron chi connectivity index (χ2n) is 10.4. The van der Waals surface area contributed by atoms with E-state index in [1.54, 1.807) is 77.9 Å². The molecule has 0 atom stereocenters. The van der Waals surface area contributed by atoms with E-state index in [1.807, 2.05) is 0 Å². The third kappa shape index (κ3) is 5.12. The lowest BCUT2D eigenvalue weighted by Gasteiger charge is -2.21. The second-order valence-corrected chi connectivity index (χ2v) is 10.8. The molecule has 9 heteroatoms. The maximum Gasteiger partial charge on any atom is 0.419 e. The summed E-state index contributed by atoms with van der Waals surface area (Å²) in [4.78, 5) is 38.2. The zero-order valence-corrected chi connectivity index (χ0v) is 21.3. The summed E-state index contributed by atoms with van der Waals surface area (Å²) in [5.41, 5.74) is 1.83. The van der Waals surface area contributed by atoms with Gasteiger partial charge in [-0.15, -0.1) is 0 Å². The van der Waals surface area contributed by atoms with Crippen LogP contribution in [0.3, 0.4) is 0 Å². The fourth-order valence-corrected chi connectivity index (χ4v) is 4.17. The smallest absolute Gasteiger partial charge is 0.419 e. The summed E-state index contributed by atoms with van der Waals surface area (Å²) in [6.07, 6.45) is -1.17. The number of fused-ring (bicyclic) bond motifs is 2. The lowest BCUT2D eigenvalue weighted by atomic mass is 10.00. The van der Waals surface area contributed by atoms with Crippen molar-refractivity contribution in [2.75, 3.05) is 5.32 Å². The number of amides is 2. The molecule has 0 unspecified atom stereocenters. The highest BCUT2D eigenvalue weighted by atomic mass is 35.5. The molecule has 2 amide bonds. The number of nitrogens with zero attached hydrogens (tertiary/aromatic N) is 1. The molecule has 2 aromatic carbocycles. The van der Waals surface area contributed by atoms with Gasteiger partial charge in [0.15, 0.2) is 0 Å². The van der Waals surface area contributed by atoms with Gasteiger partial charge in [-0.1, -0.05) is 17.7 Å². The lowest BCUT2D eigenvalue weighted by molar-refractivity contribution is 0.0545. The van der Waals surface area contributed by atoms with Gasteiger partial charge in [-0.2, -0.15) is 0 Å². The van der Waals surface area contributed by atoms with Crippen LogP contribution in [-0.2, 0) is 16.0 Å². The highest BCUT2D eigenvalue weighted by Crippen LogP contribution is 2.37. The van der Waals surface area contributed by atoms with Crippen LogP contribution in [0.5, 0.6) is 0 Å². The van der Waals surface area contributed by atoms with E-state index in [4.69, 9.17) is 21.1 Å². The number of anilines is 1. The molecule has 35 heavy (non-hydrogen) atoms. The highest BCUT2D eigenvalue weighted by Gasteiger charge is 2.30. The maximum absolute atomic E-state index is 13.3. The van der Waals surface area contributed by atoms with Crippen LogP contribution in [0.1, 0.15) is 57.5 Å². The highest BCUT2D eigenvalue weighted by molar-refractivity contribution is 6.32. The molecule has 4 rings (SSSR count). The van der Waals surface area contributed by atoms with E-state index in [1.165, 1.54) is 4.57 Å². The van der Waals surface area contributed by atoms with Gasteiger partial charge >= 0.3 is 12.2 Å². The van der Waals surface area contributed by atoms with Gasteiger partial charge in [0.05, 0.1) is 16.8 Å². The fourth-order valence-electron chi connectivity index (χ4n) is 3.94. The predicted molar refractivity (Wildman–Crippen MR) is 135 cm³/mol. The number of nitrogens with one attached hydrogen (secondary N) is 2. The number of rotatable bonds is 2. The first-order chi connectivity index (χ1) is 16.2. The monoisotopic (exact) mass is 497 g/mol. The molecule has 3 aromatic rings. The van der Waals surface area contributed by atoms with Crippen LogP contribution in [0, 0.1) is 0 Å². The lowest BCUT2D eigenvalue weighted by Crippen LogP contribution is -2.27. The predicted octanol–water partition coefficient (Wildman–Crippen LogP) is 6.34. The number of hydrogen-bond donors (Lipinski definition) is 2. The molecule has 8 nitrogen and oxygen atoms in total. The van der Waals surface area contributed by atoms with Crippen LogP contribution in [0.15, 0.2) is 36.4 Å². The van der Waals surface area contributed by atoms with Crippen LogP contribution in [0.2, 0.25) is 5.02 Å². The van der Waals surface area contributed by atoms with Crippen molar-refractivity contribution in [1.29, 1.82) is 0 Å². The third-order valence-corrected chi connectivity index (χ3v) is 5.56. The SMILES string of the molecule is CC(C)(C)OC(=O)Nc1ccc2c(c1)cc(-c1ccc(Cl)c3c1C(=O)NC3)n2C(=O)OC(C)(C)C. The minimum absolute atomic E-state index is 0.259. The van der Waals surface area contributed by atoms with Gasteiger partial charge in [0, 0.05) is 33.8 Å². The van der Waals surface area contributed by atoms with E-state index in [2.05, 4.69) is 10.6 Å². The molecule has 184 valence electrons. The van der Waals surface area contributed by atoms with Crippen molar-refractivity contribution in [3.05, 3.63) is 52.5 Å². The quantitative estimate of drug-likeness (QED) is 0.430. The molecule has 0 bridgehead atoms. The number of ether oxygens (including phenoxy) is 2. The Kier molecular flexibility index (Phi) is 6.05. The van der Waals surface area contributed by atoms with Crippen LogP contribution >= 0.6 is 11.6 Å². The molecule has 0 aliphatic carbocycles. The Labute approximate surface area is 208 Å². The number of carbonyl (C=O) groups is 3. The molecule has 0 saturated heterocycles. The average Bonchev–Trinajstić information content (AvgIpc) is 3.27. The third-order valence-electron chi connectivity index (χ3n) is 5.21. The van der Waals surface area contributed by atoms with Crippen LogP contribution in [0.25, 0.3) is 22.2 Å². The van der Waals surface area contributed by atoms with Crippen LogP contribution in [0.4, 0.5) is 15.3 Å². The standard InChI is InChI=1S/C26H28ClN3O5/c1-25(2,3)34-23(32)29-15-7-10-19-14(11-15)12-20(30(19)24(33)35-26(4,5)6)16-8-9-18(27)17-13-28-22(31)21(16)17/h7-12H,13H2,1-6H3,(H,28,31)(H,29,32). The number of aromatic nitrogens is 1. The molecule has 2 heterocycles. The van der Waals surface area contributed by atoms with Gasteiger partial charge in [-0.05, 0) is 71.9 Å². The Morgan fingerprint density at radius 1 is 1.00 bits per heavy atom. The van der Waals surface area contributed by atoms with Crippen molar-refractivity contribution in [2.24, 2.45) is 0 Å². The Bertz CT molecular complexity index is 1360. The summed E-state index contributed by atoms with van der Waals surface area (Å²) in [7, 11) is 0. The van der Waals surface area contributed by atoms with Gasteiger partial charge < -0.3 is 14.8 Å². The van der Waals surface area contributed by atoms with Crippen molar-refractivity contribution in [2.45, 2.75) is 59.3 Å². The van der Waals surface area contributed by atoms with Crippen molar-refractivity contribution < 1.29 is 23.9 Å². The topological polar surface area (TPSA) is 98.7 Å². The first kappa shape index (κ1) is 24.6. The first-order valence-electron chi connectivity index (χ1n) is 11.2. The summed E-state index contributed by atoms with van der Waals surface area (Å²) in [5.74, 6) is -0.259. The minimum Gasteiger partial charge on any atom is -0.444 e. The number of hydrogen-bond acceptors (Lipinski definition) is 5. The van der Waals surface area contributed by atoms with Gasteiger partial charge in [-0.3, -0.25) is 10.1 Å². The van der Waals surface area contributed by atoms with Crippen LogP contribution in [-0.4, -0.2) is 33.9 Å². The zero-order valence-electron chi connectivity index (χ0n) is 20.5. The van der Waals surface area contributed by atoms with Gasteiger partial charge in [-0.25, -0.2) is 14.2 Å². The molecule has 0 saturated carbocycles. The Morgan fingerprint density at radius 3 is 2.34 bits per heavy atom. The fraction of sp³-hybridized carbons (Fsp3) is 0.346. The molecule has 0 fully saturated rings. The van der Waals surface area contributed by atoms with Crippen molar-refractivity contribution in [3.8, 4) is 11.3 Å². The van der Waals surface area contributed by atoms with E-state index >= 15 is 0 Å². The second kappa shape index (κ2) is 8.61. The van der Waals surface area contributed by atoms with Gasteiger partial charge in [0.25, 0.3) is 5.91 Å². The molecule has 0 spiro atoms. The van der Waals surface area contributed by atoms with Crippen molar-refractivity contribution in [1.82, 2.24) is 9.88 Å². The van der Waals surface area contributed by atoms with Crippen molar-refractivity contribution >= 4 is 46.3 Å². The Balaban J connectivity index is 1.86. The molecule has 1 aromatic heterocycles.